The minimum atomic E-state index is -1.01. The second-order valence-electron chi connectivity index (χ2n) is 24.5. The van der Waals surface area contributed by atoms with Crippen molar-refractivity contribution in [3.8, 4) is 0 Å². The average molecular weight is 823 g/mol. The molecule has 0 spiro atoms. The Morgan fingerprint density at radius 2 is 0.433 bits per heavy atom. The van der Waals surface area contributed by atoms with E-state index in [1.807, 2.05) is 6.92 Å². The Hall–Kier alpha value is -8.07. The Bertz CT molecular complexity index is 7150. The Balaban J connectivity index is 1.25. The normalized spacial score (nSPS) is 22.2. The second kappa shape index (κ2) is 5.55. The summed E-state index contributed by atoms with van der Waals surface area (Å²) in [5.74, 6) is -0.0643. The van der Waals surface area contributed by atoms with Crippen LogP contribution in [0.4, 0.5) is 0 Å². The summed E-state index contributed by atoms with van der Waals surface area (Å²) >= 11 is 0. The molecule has 5 aliphatic carbocycles. The van der Waals surface area contributed by atoms with Gasteiger partial charge in [0.2, 0.25) is 0 Å². The number of carbonyl (C=O) groups excluding carboxylic acids is 1. The molecule has 32 rings (SSSR count). The third-order valence-corrected chi connectivity index (χ3v) is 24.4. The van der Waals surface area contributed by atoms with Crippen LogP contribution in [0.25, 0.3) is 280 Å². The quantitative estimate of drug-likeness (QED) is 0.131. The highest BCUT2D eigenvalue weighted by Crippen LogP contribution is 2.84. The molecule has 2 heteroatoms. The fraction of sp³-hybridized carbons (Fsp3) is 0.0923. The van der Waals surface area contributed by atoms with E-state index in [4.69, 9.17) is 4.74 Å². The topological polar surface area (TPSA) is 26.3 Å². The number of esters is 1. The number of carbonyl (C=O) groups is 1. The minimum absolute atomic E-state index is 0.0643. The summed E-state index contributed by atoms with van der Waals surface area (Å²) in [7, 11) is 0. The molecule has 0 saturated heterocycles. The van der Waals surface area contributed by atoms with Crippen molar-refractivity contribution in [2.75, 3.05) is 0 Å². The fourth-order valence-corrected chi connectivity index (χ4v) is 24.3. The van der Waals surface area contributed by atoms with Crippen molar-refractivity contribution in [1.82, 2.24) is 0 Å². The van der Waals surface area contributed by atoms with Gasteiger partial charge in [0.1, 0.15) is 0 Å². The maximum atomic E-state index is 15.1. The summed E-state index contributed by atoms with van der Waals surface area (Å²) in [6.45, 7) is 4.59. The molecule has 0 bridgehead atoms. The number of rotatable bonds is 3. The van der Waals surface area contributed by atoms with E-state index in [1.54, 1.807) is 248 Å². The van der Waals surface area contributed by atoms with Crippen molar-refractivity contribution >= 4 is 286 Å². The molecule has 0 aromatic heterocycles. The van der Waals surface area contributed by atoms with Crippen molar-refractivity contribution in [2.45, 2.75) is 37.7 Å². The number of benzene rings is 17. The molecule has 2 unspecified atom stereocenters. The van der Waals surface area contributed by atoms with Gasteiger partial charge < -0.3 is 4.74 Å². The molecule has 282 valence electrons. The van der Waals surface area contributed by atoms with E-state index in [0.717, 1.165) is 6.42 Å². The van der Waals surface area contributed by atoms with Gasteiger partial charge in [0.15, 0.2) is 5.60 Å². The zero-order valence-electron chi connectivity index (χ0n) is 34.7. The maximum absolute atomic E-state index is 15.1. The molecule has 2 nitrogen and oxygen atoms in total. The van der Waals surface area contributed by atoms with Gasteiger partial charge in [0.25, 0.3) is 0 Å². The highest BCUT2D eigenvalue weighted by Gasteiger charge is 2.67. The monoisotopic (exact) mass is 822 g/mol. The van der Waals surface area contributed by atoms with E-state index in [2.05, 4.69) is 6.92 Å². The predicted octanol–water partition coefficient (Wildman–Crippen LogP) is 17.3. The molecule has 67 heavy (non-hydrogen) atoms. The lowest BCUT2D eigenvalue weighted by Crippen LogP contribution is -2.44. The first-order chi connectivity index (χ1) is 33.2. The zero-order chi connectivity index (χ0) is 40.2. The molecular weight excluding hydrogens is 813 g/mol. The van der Waals surface area contributed by atoms with Gasteiger partial charge in [-0.15, -0.1) is 0 Å². The minimum Gasteiger partial charge on any atom is -0.444 e. The van der Waals surface area contributed by atoms with Crippen LogP contribution in [0, 0.1) is 0 Å². The Labute approximate surface area is 364 Å². The third-order valence-electron chi connectivity index (χ3n) is 24.4. The number of hydrogen-bond acceptors (Lipinski definition) is 2. The highest BCUT2D eigenvalue weighted by molar-refractivity contribution is 6.81. The molecule has 0 saturated carbocycles. The van der Waals surface area contributed by atoms with E-state index in [0.29, 0.717) is 6.42 Å². The Morgan fingerprint density at radius 3 is 0.716 bits per heavy atom. The summed E-state index contributed by atoms with van der Waals surface area (Å²) in [5.41, 5.74) is 7.55. The molecule has 2 atom stereocenters. The molecule has 0 fully saturated rings. The summed E-state index contributed by atoms with van der Waals surface area (Å²) in [4.78, 5) is 15.1. The van der Waals surface area contributed by atoms with E-state index in [-0.39, 0.29) is 11.4 Å². The first-order valence-electron chi connectivity index (χ1n) is 25.2. The van der Waals surface area contributed by atoms with Gasteiger partial charge in [-0.2, -0.15) is 0 Å². The van der Waals surface area contributed by atoms with Gasteiger partial charge in [-0.05, 0) is 298 Å². The van der Waals surface area contributed by atoms with Gasteiger partial charge >= 0.3 is 5.97 Å². The number of ether oxygens (including phenoxy) is 1. The molecule has 0 N–H and O–H groups in total. The van der Waals surface area contributed by atoms with Crippen LogP contribution >= 0.6 is 0 Å². The van der Waals surface area contributed by atoms with Crippen LogP contribution in [0.15, 0.2) is 0 Å². The third kappa shape index (κ3) is 1.30. The van der Waals surface area contributed by atoms with Crippen LogP contribution in [0.1, 0.15) is 60.1 Å². The summed E-state index contributed by atoms with van der Waals surface area (Å²) in [5, 5.41) is 81.9. The van der Waals surface area contributed by atoms with Crippen LogP contribution in [0.2, 0.25) is 0 Å². The van der Waals surface area contributed by atoms with Gasteiger partial charge in [-0.1, -0.05) is 13.8 Å². The molecule has 0 amide bonds. The standard InChI is InChI=1S/C65H10O2/c1-3-5(66)67-65-59-51-42-35-22-15-9-8-10-6-7-11(9)20(22)26-24-13(7)16-12(6)23-25-19(10)21-14(8)17-18(15)29-36-28(17)37-34(21)41-39(25)43-30(23)32-27(16)33-31(24)44(40(26)42)55(59)57-46(33)45(32)56-54(43)58-50(41)47(37)52-49(36)53(48(51)38(29)35)62(65)60(52)64(58,4-2)61(56)63(57)65/h3-4H2,1-2H3. The van der Waals surface area contributed by atoms with E-state index < -0.39 is 5.60 Å². The summed E-state index contributed by atoms with van der Waals surface area (Å²) < 4.78 is 7.86. The molecule has 27 aromatic carbocycles. The molecule has 0 radical (unpaired) electrons. The Kier molecular flexibility index (Phi) is 2.07. The largest absolute Gasteiger partial charge is 0.444 e. The first-order valence-corrected chi connectivity index (χ1v) is 25.2. The smallest absolute Gasteiger partial charge is 0.307 e. The number of hydrogen-bond donors (Lipinski definition) is 0. The van der Waals surface area contributed by atoms with Crippen LogP contribution < -0.4 is 0 Å². The molecular formula is C65H10O2. The van der Waals surface area contributed by atoms with Gasteiger partial charge in [0.05, 0.1) is 0 Å². The average Bonchev–Trinajstić information content (AvgIpc) is 4.19. The fourth-order valence-electron chi connectivity index (χ4n) is 24.3. The summed E-state index contributed by atoms with van der Waals surface area (Å²) in [6.07, 6.45) is 1.37. The molecule has 0 heterocycles. The van der Waals surface area contributed by atoms with Crippen molar-refractivity contribution in [3.05, 3.63) is 33.4 Å². The van der Waals surface area contributed by atoms with Gasteiger partial charge in [0, 0.05) is 33.9 Å². The first kappa shape index (κ1) is 25.0. The van der Waals surface area contributed by atoms with E-state index in [1.165, 1.54) is 65.2 Å². The van der Waals surface area contributed by atoms with Crippen molar-refractivity contribution < 1.29 is 9.53 Å². The van der Waals surface area contributed by atoms with Crippen LogP contribution in [-0.4, -0.2) is 5.97 Å². The Morgan fingerprint density at radius 1 is 0.254 bits per heavy atom. The van der Waals surface area contributed by atoms with Crippen LogP contribution in [-0.2, 0) is 20.5 Å². The second-order valence-corrected chi connectivity index (χ2v) is 24.5. The van der Waals surface area contributed by atoms with Crippen molar-refractivity contribution in [3.63, 3.8) is 0 Å². The van der Waals surface area contributed by atoms with Crippen molar-refractivity contribution in [1.29, 1.82) is 0 Å². The lowest BCUT2D eigenvalue weighted by Gasteiger charge is -2.48. The van der Waals surface area contributed by atoms with Crippen LogP contribution in [0.3, 0.4) is 0 Å². The van der Waals surface area contributed by atoms with Gasteiger partial charge in [-0.3, -0.25) is 4.79 Å². The summed E-state index contributed by atoms with van der Waals surface area (Å²) in [6, 6.07) is 0. The zero-order valence-corrected chi connectivity index (χ0v) is 34.7. The molecule has 27 aromatic rings. The maximum Gasteiger partial charge on any atom is 0.307 e. The SMILES string of the molecule is CCC(=O)OC12c3c4c5c6c7c8c9c%10c(c1c1c%11c2c2c%12c3c5c3c5c6c6c7c7c9c9c%13c%10c1c1c%10c%11c%11c2c2c%12c3c3c5c5c6c6c7c9c7c(c%131)c1c%10c%11c9c2c3c2c9c1c7c6c52)C48CC. The van der Waals surface area contributed by atoms with E-state index in [9.17, 15) is 0 Å². The predicted molar refractivity (Wildman–Crippen MR) is 279 cm³/mol. The highest BCUT2D eigenvalue weighted by atomic mass is 16.6. The molecule has 0 aliphatic heterocycles. The van der Waals surface area contributed by atoms with Gasteiger partial charge in [-0.25, -0.2) is 0 Å². The van der Waals surface area contributed by atoms with Crippen LogP contribution in [0.5, 0.6) is 0 Å². The lowest BCUT2D eigenvalue weighted by molar-refractivity contribution is -0.152. The van der Waals surface area contributed by atoms with E-state index >= 15 is 4.79 Å². The molecule has 5 aliphatic rings. The lowest BCUT2D eigenvalue weighted by atomic mass is 9.57. The van der Waals surface area contributed by atoms with Crippen molar-refractivity contribution in [2.24, 2.45) is 0 Å².